The van der Waals surface area contributed by atoms with E-state index in [1.807, 2.05) is 4.90 Å². The van der Waals surface area contributed by atoms with Gasteiger partial charge in [-0.15, -0.1) is 6.42 Å². The first-order chi connectivity index (χ1) is 12.6. The lowest BCUT2D eigenvalue weighted by atomic mass is 9.75. The molecule has 1 spiro atoms. The van der Waals surface area contributed by atoms with Gasteiger partial charge in [0.05, 0.1) is 0 Å². The number of carbonyl (C=O) groups excluding carboxylic acids is 1. The fourth-order valence-electron chi connectivity index (χ4n) is 5.76. The fraction of sp³-hybridized carbons (Fsp3) is 0.850. The molecule has 26 heavy (non-hydrogen) atoms. The molecule has 4 aliphatic heterocycles. The van der Waals surface area contributed by atoms with Gasteiger partial charge in [-0.05, 0) is 69.9 Å². The standard InChI is InChI=1S/C20H31N3O3/c1-2-10-26-19(25)23-15-4-3-5-16(23)12-17(11-15)22-8-6-20(7-9-22)13-18(24)21-14-20/h1,15-18,21,24H,3-14H2. The smallest absolute Gasteiger partial charge is 0.411 e. The molecule has 4 rings (SSSR count). The normalized spacial score (nSPS) is 36.7. The molecule has 0 radical (unpaired) electrons. The molecule has 2 N–H and O–H groups in total. The Morgan fingerprint density at radius 3 is 2.50 bits per heavy atom. The van der Waals surface area contributed by atoms with E-state index in [1.54, 1.807) is 0 Å². The molecule has 0 saturated carbocycles. The molecule has 3 unspecified atom stereocenters. The molecule has 4 aliphatic rings. The Morgan fingerprint density at radius 1 is 1.23 bits per heavy atom. The molecular weight excluding hydrogens is 330 g/mol. The second-order valence-electron chi connectivity index (χ2n) is 8.67. The molecule has 4 saturated heterocycles. The highest BCUT2D eigenvalue weighted by Crippen LogP contribution is 2.42. The molecule has 4 fully saturated rings. The first kappa shape index (κ1) is 18.1. The van der Waals surface area contributed by atoms with Crippen LogP contribution in [0, 0.1) is 17.8 Å². The van der Waals surface area contributed by atoms with Crippen molar-refractivity contribution in [2.24, 2.45) is 5.41 Å². The number of carbonyl (C=O) groups is 1. The van der Waals surface area contributed by atoms with E-state index in [0.29, 0.717) is 23.5 Å². The Labute approximate surface area is 156 Å². The lowest BCUT2D eigenvalue weighted by Crippen LogP contribution is -2.60. The summed E-state index contributed by atoms with van der Waals surface area (Å²) >= 11 is 0. The Morgan fingerprint density at radius 2 is 1.92 bits per heavy atom. The summed E-state index contributed by atoms with van der Waals surface area (Å²) in [6.07, 6.45) is 13.4. The molecule has 0 aromatic heterocycles. The average molecular weight is 361 g/mol. The van der Waals surface area contributed by atoms with Crippen molar-refractivity contribution in [2.75, 3.05) is 26.2 Å². The number of aliphatic hydroxyl groups excluding tert-OH is 1. The molecule has 0 aromatic rings. The van der Waals surface area contributed by atoms with Gasteiger partial charge >= 0.3 is 6.09 Å². The van der Waals surface area contributed by atoms with E-state index in [4.69, 9.17) is 11.2 Å². The monoisotopic (exact) mass is 361 g/mol. The summed E-state index contributed by atoms with van der Waals surface area (Å²) in [5.74, 6) is 2.39. The van der Waals surface area contributed by atoms with E-state index in [1.165, 1.54) is 6.42 Å². The first-order valence-corrected chi connectivity index (χ1v) is 10.1. The molecule has 6 heteroatoms. The highest BCUT2D eigenvalue weighted by molar-refractivity contribution is 5.69. The molecule has 0 aliphatic carbocycles. The third-order valence-corrected chi connectivity index (χ3v) is 7.15. The maximum Gasteiger partial charge on any atom is 0.411 e. The van der Waals surface area contributed by atoms with Crippen LogP contribution in [0.15, 0.2) is 0 Å². The molecule has 1 amide bonds. The Bertz CT molecular complexity index is 553. The number of terminal acetylenes is 1. The third-order valence-electron chi connectivity index (χ3n) is 7.15. The first-order valence-electron chi connectivity index (χ1n) is 10.1. The molecule has 144 valence electrons. The minimum Gasteiger partial charge on any atom is -0.436 e. The van der Waals surface area contributed by atoms with Gasteiger partial charge in [0.15, 0.2) is 6.61 Å². The number of hydrogen-bond donors (Lipinski definition) is 2. The van der Waals surface area contributed by atoms with Gasteiger partial charge in [0.2, 0.25) is 0 Å². The number of piperidine rings is 3. The van der Waals surface area contributed by atoms with Crippen molar-refractivity contribution in [3.8, 4) is 12.3 Å². The number of nitrogens with one attached hydrogen (secondary N) is 1. The van der Waals surface area contributed by atoms with Crippen LogP contribution in [0.4, 0.5) is 4.79 Å². The number of ether oxygens (including phenoxy) is 1. The maximum atomic E-state index is 12.4. The number of aliphatic hydroxyl groups is 1. The Kier molecular flexibility index (Phi) is 5.13. The van der Waals surface area contributed by atoms with Crippen molar-refractivity contribution >= 4 is 6.09 Å². The van der Waals surface area contributed by atoms with Crippen LogP contribution in [0.25, 0.3) is 0 Å². The minimum atomic E-state index is -0.321. The second-order valence-corrected chi connectivity index (χ2v) is 8.67. The van der Waals surface area contributed by atoms with Crippen molar-refractivity contribution in [2.45, 2.75) is 75.7 Å². The van der Waals surface area contributed by atoms with Crippen LogP contribution in [-0.4, -0.2) is 71.6 Å². The van der Waals surface area contributed by atoms with E-state index in [9.17, 15) is 9.90 Å². The van der Waals surface area contributed by atoms with E-state index < -0.39 is 0 Å². The predicted molar refractivity (Wildman–Crippen MR) is 98.3 cm³/mol. The zero-order valence-corrected chi connectivity index (χ0v) is 15.5. The number of rotatable bonds is 2. The van der Waals surface area contributed by atoms with Crippen molar-refractivity contribution < 1.29 is 14.6 Å². The Hall–Kier alpha value is -1.29. The van der Waals surface area contributed by atoms with Gasteiger partial charge in [-0.3, -0.25) is 5.32 Å². The highest BCUT2D eigenvalue weighted by atomic mass is 16.6. The zero-order chi connectivity index (χ0) is 18.1. The fourth-order valence-corrected chi connectivity index (χ4v) is 5.76. The molecular formula is C20H31N3O3. The third kappa shape index (κ3) is 3.45. The van der Waals surface area contributed by atoms with Crippen LogP contribution >= 0.6 is 0 Å². The topological polar surface area (TPSA) is 65.0 Å². The van der Waals surface area contributed by atoms with Gasteiger partial charge in [-0.25, -0.2) is 4.79 Å². The van der Waals surface area contributed by atoms with Gasteiger partial charge in [0, 0.05) is 24.7 Å². The maximum absolute atomic E-state index is 12.4. The van der Waals surface area contributed by atoms with E-state index >= 15 is 0 Å². The van der Waals surface area contributed by atoms with E-state index in [0.717, 1.165) is 64.6 Å². The van der Waals surface area contributed by atoms with Gasteiger partial charge < -0.3 is 19.6 Å². The number of amides is 1. The summed E-state index contributed by atoms with van der Waals surface area (Å²) in [5.41, 5.74) is 0.297. The molecule has 4 heterocycles. The summed E-state index contributed by atoms with van der Waals surface area (Å²) in [4.78, 5) is 17.0. The highest BCUT2D eigenvalue weighted by Gasteiger charge is 2.46. The number of nitrogens with zero attached hydrogens (tertiary/aromatic N) is 2. The average Bonchev–Trinajstić information content (AvgIpc) is 2.99. The van der Waals surface area contributed by atoms with Crippen LogP contribution in [-0.2, 0) is 4.74 Å². The largest absolute Gasteiger partial charge is 0.436 e. The molecule has 6 nitrogen and oxygen atoms in total. The zero-order valence-electron chi connectivity index (χ0n) is 15.5. The van der Waals surface area contributed by atoms with Gasteiger partial charge in [-0.2, -0.15) is 0 Å². The number of likely N-dealkylation sites (tertiary alicyclic amines) is 1. The van der Waals surface area contributed by atoms with Crippen molar-refractivity contribution in [3.63, 3.8) is 0 Å². The summed E-state index contributed by atoms with van der Waals surface area (Å²) < 4.78 is 5.23. The summed E-state index contributed by atoms with van der Waals surface area (Å²) in [5, 5.41) is 13.0. The summed E-state index contributed by atoms with van der Waals surface area (Å²) in [6.45, 7) is 3.24. The Balaban J connectivity index is 1.36. The molecule has 3 atom stereocenters. The van der Waals surface area contributed by atoms with E-state index in [2.05, 4.69) is 16.1 Å². The lowest BCUT2D eigenvalue weighted by Gasteiger charge is -2.52. The number of hydrogen-bond acceptors (Lipinski definition) is 5. The summed E-state index contributed by atoms with van der Waals surface area (Å²) in [7, 11) is 0. The number of fused-ring (bicyclic) bond motifs is 2. The summed E-state index contributed by atoms with van der Waals surface area (Å²) in [6, 6.07) is 1.16. The van der Waals surface area contributed by atoms with Crippen LogP contribution in [0.1, 0.15) is 51.4 Å². The van der Waals surface area contributed by atoms with Gasteiger partial charge in [-0.1, -0.05) is 5.92 Å². The van der Waals surface area contributed by atoms with Crippen molar-refractivity contribution in [3.05, 3.63) is 0 Å². The minimum absolute atomic E-state index is 0.0618. The van der Waals surface area contributed by atoms with Crippen LogP contribution < -0.4 is 5.32 Å². The van der Waals surface area contributed by atoms with Crippen molar-refractivity contribution in [1.82, 2.24) is 15.1 Å². The van der Waals surface area contributed by atoms with Gasteiger partial charge in [0.25, 0.3) is 0 Å². The second kappa shape index (κ2) is 7.38. The van der Waals surface area contributed by atoms with Gasteiger partial charge in [0.1, 0.15) is 6.23 Å². The molecule has 2 bridgehead atoms. The predicted octanol–water partition coefficient (Wildman–Crippen LogP) is 1.54. The van der Waals surface area contributed by atoms with E-state index in [-0.39, 0.29) is 18.9 Å². The van der Waals surface area contributed by atoms with Crippen LogP contribution in [0.2, 0.25) is 0 Å². The van der Waals surface area contributed by atoms with Crippen molar-refractivity contribution in [1.29, 1.82) is 0 Å². The van der Waals surface area contributed by atoms with Crippen LogP contribution in [0.5, 0.6) is 0 Å². The lowest BCUT2D eigenvalue weighted by molar-refractivity contribution is -0.0212. The molecule has 0 aromatic carbocycles. The van der Waals surface area contributed by atoms with Crippen LogP contribution in [0.3, 0.4) is 0 Å². The SMILES string of the molecule is C#CCOC(=O)N1C2CCCC1CC(N1CCC3(CC1)CNC(O)C3)C2. The quantitative estimate of drug-likeness (QED) is 0.731.